The van der Waals surface area contributed by atoms with E-state index >= 15 is 0 Å². The van der Waals surface area contributed by atoms with Crippen molar-refractivity contribution < 1.29 is 19.1 Å². The van der Waals surface area contributed by atoms with Crippen LogP contribution < -0.4 is 21.7 Å². The van der Waals surface area contributed by atoms with Gasteiger partial charge in [-0.25, -0.2) is 0 Å². The zero-order valence-corrected chi connectivity index (χ0v) is 20.1. The average molecular weight is 489 g/mol. The number of fused-ring (bicyclic) bond motifs is 1. The molecule has 1 heterocycles. The highest BCUT2D eigenvalue weighted by Gasteiger charge is 2.50. The average Bonchev–Trinajstić information content (AvgIpc) is 3.70. The number of nitrogens with two attached hydrogens (primary N) is 1. The summed E-state index contributed by atoms with van der Waals surface area (Å²) >= 11 is 0. The lowest BCUT2D eigenvalue weighted by molar-refractivity contribution is -0.127. The summed E-state index contributed by atoms with van der Waals surface area (Å²) in [6.07, 6.45) is 0.795. The predicted octanol–water partition coefficient (Wildman–Crippen LogP) is 2.52. The van der Waals surface area contributed by atoms with Crippen molar-refractivity contribution >= 4 is 34.2 Å². The lowest BCUT2D eigenvalue weighted by Gasteiger charge is -2.19. The molecule has 3 aromatic rings. The van der Waals surface area contributed by atoms with Gasteiger partial charge in [-0.3, -0.25) is 14.4 Å². The van der Waals surface area contributed by atoms with Gasteiger partial charge in [-0.05, 0) is 49.2 Å². The Kier molecular flexibility index (Phi) is 8.65. The third kappa shape index (κ3) is 6.68. The van der Waals surface area contributed by atoms with Crippen molar-refractivity contribution in [3.8, 4) is 0 Å². The SMILES string of the molecule is NCCCC[C@H](NC(=O)[C@H]1O[C@@H]1C(=O)NCCc1ccccc1)C(=O)Nc1cccc2ccccc12. The summed E-state index contributed by atoms with van der Waals surface area (Å²) in [4.78, 5) is 38.3. The molecule has 1 aliphatic heterocycles. The van der Waals surface area contributed by atoms with E-state index in [9.17, 15) is 14.4 Å². The van der Waals surface area contributed by atoms with Crippen LogP contribution in [0.25, 0.3) is 10.8 Å². The van der Waals surface area contributed by atoms with Gasteiger partial charge in [-0.1, -0.05) is 66.7 Å². The highest BCUT2D eigenvalue weighted by Crippen LogP contribution is 2.25. The molecule has 0 aliphatic carbocycles. The quantitative estimate of drug-likeness (QED) is 0.230. The molecule has 4 rings (SSSR count). The summed E-state index contributed by atoms with van der Waals surface area (Å²) < 4.78 is 5.35. The van der Waals surface area contributed by atoms with Gasteiger partial charge < -0.3 is 26.4 Å². The number of epoxide rings is 1. The fourth-order valence-corrected chi connectivity index (χ4v) is 4.16. The summed E-state index contributed by atoms with van der Waals surface area (Å²) in [5.74, 6) is -1.11. The van der Waals surface area contributed by atoms with Crippen LogP contribution in [0.2, 0.25) is 0 Å². The van der Waals surface area contributed by atoms with E-state index in [-0.39, 0.29) is 11.8 Å². The maximum atomic E-state index is 13.1. The fraction of sp³-hybridized carbons (Fsp3) is 0.321. The number of anilines is 1. The van der Waals surface area contributed by atoms with E-state index in [0.717, 1.165) is 22.8 Å². The highest BCUT2D eigenvalue weighted by molar-refractivity contribution is 6.05. The van der Waals surface area contributed by atoms with Gasteiger partial charge >= 0.3 is 0 Å². The topological polar surface area (TPSA) is 126 Å². The largest absolute Gasteiger partial charge is 0.353 e. The van der Waals surface area contributed by atoms with Crippen LogP contribution in [0.1, 0.15) is 24.8 Å². The molecule has 1 aliphatic rings. The van der Waals surface area contributed by atoms with E-state index in [2.05, 4.69) is 16.0 Å². The number of hydrogen-bond acceptors (Lipinski definition) is 5. The van der Waals surface area contributed by atoms with Crippen molar-refractivity contribution in [3.05, 3.63) is 78.4 Å². The van der Waals surface area contributed by atoms with Crippen LogP contribution in [0.4, 0.5) is 5.69 Å². The number of ether oxygens (including phenoxy) is 1. The summed E-state index contributed by atoms with van der Waals surface area (Å²) in [6.45, 7) is 0.953. The van der Waals surface area contributed by atoms with Crippen LogP contribution in [-0.2, 0) is 25.5 Å². The Balaban J connectivity index is 1.32. The fourth-order valence-electron chi connectivity index (χ4n) is 4.16. The van der Waals surface area contributed by atoms with Gasteiger partial charge in [-0.15, -0.1) is 0 Å². The summed E-state index contributed by atoms with van der Waals surface area (Å²) in [7, 11) is 0. The molecule has 1 saturated heterocycles. The van der Waals surface area contributed by atoms with E-state index in [4.69, 9.17) is 10.5 Å². The summed E-state index contributed by atoms with van der Waals surface area (Å²) in [6, 6.07) is 22.5. The third-order valence-corrected chi connectivity index (χ3v) is 6.19. The second kappa shape index (κ2) is 12.3. The zero-order chi connectivity index (χ0) is 25.3. The summed E-state index contributed by atoms with van der Waals surface area (Å²) in [5.41, 5.74) is 7.40. The third-order valence-electron chi connectivity index (χ3n) is 6.19. The summed E-state index contributed by atoms with van der Waals surface area (Å²) in [5, 5.41) is 10.5. The molecule has 188 valence electrons. The first kappa shape index (κ1) is 25.3. The molecule has 1 fully saturated rings. The van der Waals surface area contributed by atoms with Gasteiger partial charge in [0.2, 0.25) is 5.91 Å². The Labute approximate surface area is 210 Å². The maximum Gasteiger partial charge on any atom is 0.253 e. The van der Waals surface area contributed by atoms with Gasteiger partial charge in [0.05, 0.1) is 0 Å². The molecule has 8 nitrogen and oxygen atoms in total. The Morgan fingerprint density at radius 1 is 0.861 bits per heavy atom. The Morgan fingerprint density at radius 3 is 2.39 bits per heavy atom. The van der Waals surface area contributed by atoms with Crippen LogP contribution in [-0.4, -0.2) is 49.1 Å². The highest BCUT2D eigenvalue weighted by atomic mass is 16.6. The van der Waals surface area contributed by atoms with Gasteiger partial charge in [0, 0.05) is 17.6 Å². The van der Waals surface area contributed by atoms with Crippen molar-refractivity contribution in [2.75, 3.05) is 18.4 Å². The van der Waals surface area contributed by atoms with E-state index in [1.54, 1.807) is 0 Å². The molecular formula is C28H32N4O4. The first-order valence-corrected chi connectivity index (χ1v) is 12.3. The van der Waals surface area contributed by atoms with Gasteiger partial charge in [0.1, 0.15) is 6.04 Å². The van der Waals surface area contributed by atoms with E-state index in [1.807, 2.05) is 72.8 Å². The molecule has 0 spiro atoms. The first-order chi connectivity index (χ1) is 17.6. The Bertz CT molecular complexity index is 1200. The number of benzene rings is 3. The standard InChI is InChI=1S/C28H32N4O4/c29-17-7-6-14-23(26(33)31-22-15-8-12-20-11-4-5-13-21(20)22)32-28(35)25-24(36-25)27(34)30-18-16-19-9-2-1-3-10-19/h1-5,8-13,15,23-25H,6-7,14,16-18,29H2,(H,30,34)(H,31,33)(H,32,35)/t23-,24-,25-/m0/s1. The van der Waals surface area contributed by atoms with Crippen molar-refractivity contribution in [2.24, 2.45) is 5.73 Å². The smallest absolute Gasteiger partial charge is 0.253 e. The van der Waals surface area contributed by atoms with Crippen molar-refractivity contribution in [1.82, 2.24) is 10.6 Å². The molecule has 36 heavy (non-hydrogen) atoms. The number of amides is 3. The Morgan fingerprint density at radius 2 is 1.58 bits per heavy atom. The maximum absolute atomic E-state index is 13.1. The molecular weight excluding hydrogens is 456 g/mol. The normalized spacial score (nSPS) is 17.2. The molecule has 3 amide bonds. The van der Waals surface area contributed by atoms with E-state index in [0.29, 0.717) is 38.0 Å². The van der Waals surface area contributed by atoms with Gasteiger partial charge in [-0.2, -0.15) is 0 Å². The second-order valence-corrected chi connectivity index (χ2v) is 8.87. The number of carbonyl (C=O) groups is 3. The van der Waals surface area contributed by atoms with Crippen molar-refractivity contribution in [3.63, 3.8) is 0 Å². The van der Waals surface area contributed by atoms with Crippen LogP contribution in [0.3, 0.4) is 0 Å². The first-order valence-electron chi connectivity index (χ1n) is 12.3. The zero-order valence-electron chi connectivity index (χ0n) is 20.1. The lowest BCUT2D eigenvalue weighted by atomic mass is 10.1. The van der Waals surface area contributed by atoms with Crippen LogP contribution in [0.15, 0.2) is 72.8 Å². The number of unbranched alkanes of at least 4 members (excludes halogenated alkanes) is 1. The van der Waals surface area contributed by atoms with Crippen LogP contribution in [0.5, 0.6) is 0 Å². The number of rotatable bonds is 12. The molecule has 0 bridgehead atoms. The Hall–Kier alpha value is -3.75. The van der Waals surface area contributed by atoms with Crippen LogP contribution in [0, 0.1) is 0 Å². The molecule has 8 heteroatoms. The molecule has 3 aromatic carbocycles. The monoisotopic (exact) mass is 488 g/mol. The minimum atomic E-state index is -0.899. The number of nitrogens with one attached hydrogen (secondary N) is 3. The minimum absolute atomic E-state index is 0.318. The molecule has 0 saturated carbocycles. The molecule has 0 radical (unpaired) electrons. The molecule has 0 aromatic heterocycles. The second-order valence-electron chi connectivity index (χ2n) is 8.87. The molecule has 5 N–H and O–H groups in total. The minimum Gasteiger partial charge on any atom is -0.353 e. The van der Waals surface area contributed by atoms with E-state index < -0.39 is 24.2 Å². The van der Waals surface area contributed by atoms with Gasteiger partial charge in [0.15, 0.2) is 12.2 Å². The number of carbonyl (C=O) groups excluding carboxylic acids is 3. The van der Waals surface area contributed by atoms with Crippen LogP contribution >= 0.6 is 0 Å². The number of hydrogen-bond donors (Lipinski definition) is 4. The molecule has 3 atom stereocenters. The van der Waals surface area contributed by atoms with E-state index in [1.165, 1.54) is 0 Å². The van der Waals surface area contributed by atoms with Crippen molar-refractivity contribution in [2.45, 2.75) is 43.9 Å². The van der Waals surface area contributed by atoms with Crippen molar-refractivity contribution in [1.29, 1.82) is 0 Å². The van der Waals surface area contributed by atoms with Gasteiger partial charge in [0.25, 0.3) is 11.8 Å². The lowest BCUT2D eigenvalue weighted by Crippen LogP contribution is -2.46. The predicted molar refractivity (Wildman–Crippen MR) is 139 cm³/mol. The molecule has 0 unspecified atom stereocenters.